The molecule has 0 amide bonds. The highest BCUT2D eigenvalue weighted by Crippen LogP contribution is 2.30. The smallest absolute Gasteiger partial charge is 0.180 e. The number of rotatable bonds is 0. The highest BCUT2D eigenvalue weighted by atomic mass is 16.6. The van der Waals surface area contributed by atoms with Crippen LogP contribution >= 0.6 is 0 Å². The highest BCUT2D eigenvalue weighted by molar-refractivity contribution is 5.36. The normalized spacial score (nSPS) is 36.2. The average molecular weight is 153 g/mol. The third kappa shape index (κ3) is 1.01. The van der Waals surface area contributed by atoms with E-state index in [1.165, 1.54) is 0 Å². The van der Waals surface area contributed by atoms with Gasteiger partial charge in [0.1, 0.15) is 6.23 Å². The van der Waals surface area contributed by atoms with Crippen LogP contribution in [0.3, 0.4) is 0 Å². The summed E-state index contributed by atoms with van der Waals surface area (Å²) in [5.74, 6) is 0. The van der Waals surface area contributed by atoms with Crippen molar-refractivity contribution in [3.63, 3.8) is 0 Å². The van der Waals surface area contributed by atoms with Crippen LogP contribution in [-0.2, 0) is 4.74 Å². The maximum absolute atomic E-state index is 9.30. The molecule has 0 aromatic heterocycles. The van der Waals surface area contributed by atoms with Crippen molar-refractivity contribution in [1.29, 1.82) is 0 Å². The van der Waals surface area contributed by atoms with Crippen molar-refractivity contribution in [1.82, 2.24) is 0 Å². The molecule has 2 aliphatic rings. The Balaban J connectivity index is 2.33. The third-order valence-electron chi connectivity index (χ3n) is 2.13. The van der Waals surface area contributed by atoms with E-state index >= 15 is 0 Å². The molecular formula is C8H11NO2. The number of allylic oxidation sites excluding steroid dienone is 1. The molecule has 0 saturated carbocycles. The van der Waals surface area contributed by atoms with Crippen LogP contribution in [0, 0.1) is 0 Å². The number of hydrogen-bond donors (Lipinski definition) is 2. The van der Waals surface area contributed by atoms with Gasteiger partial charge in [-0.05, 0) is 24.0 Å². The van der Waals surface area contributed by atoms with E-state index in [9.17, 15) is 5.11 Å². The van der Waals surface area contributed by atoms with Crippen LogP contribution in [0.4, 0.5) is 0 Å². The standard InChI is InChI=1S/C8H11NO2/c9-7-5-3-1-2-4-6(5)8(10)11-7/h1,3,7-8,10H,2,4,9H2. The van der Waals surface area contributed by atoms with Crippen LogP contribution < -0.4 is 5.73 Å². The Kier molecular flexibility index (Phi) is 1.56. The molecule has 3 N–H and O–H groups in total. The minimum Gasteiger partial charge on any atom is -0.364 e. The van der Waals surface area contributed by atoms with E-state index in [0.29, 0.717) is 0 Å². The van der Waals surface area contributed by atoms with E-state index in [0.717, 1.165) is 24.0 Å². The third-order valence-corrected chi connectivity index (χ3v) is 2.13. The first kappa shape index (κ1) is 7.03. The van der Waals surface area contributed by atoms with E-state index in [1.807, 2.05) is 6.08 Å². The summed E-state index contributed by atoms with van der Waals surface area (Å²) >= 11 is 0. The van der Waals surface area contributed by atoms with Crippen molar-refractivity contribution in [2.45, 2.75) is 25.4 Å². The van der Waals surface area contributed by atoms with Gasteiger partial charge in [0.05, 0.1) is 0 Å². The summed E-state index contributed by atoms with van der Waals surface area (Å²) < 4.78 is 5.02. The highest BCUT2D eigenvalue weighted by Gasteiger charge is 2.29. The Morgan fingerprint density at radius 3 is 3.18 bits per heavy atom. The lowest BCUT2D eigenvalue weighted by atomic mass is 9.98. The SMILES string of the molecule is NC1OC(O)C2=C1C=CCC2. The summed E-state index contributed by atoms with van der Waals surface area (Å²) in [7, 11) is 0. The Morgan fingerprint density at radius 2 is 2.45 bits per heavy atom. The topological polar surface area (TPSA) is 55.5 Å². The van der Waals surface area contributed by atoms with Crippen molar-refractivity contribution in [2.75, 3.05) is 0 Å². The molecule has 11 heavy (non-hydrogen) atoms. The molecular weight excluding hydrogens is 142 g/mol. The largest absolute Gasteiger partial charge is 0.364 e. The summed E-state index contributed by atoms with van der Waals surface area (Å²) in [6.07, 6.45) is 4.67. The summed E-state index contributed by atoms with van der Waals surface area (Å²) in [5, 5.41) is 9.30. The van der Waals surface area contributed by atoms with Crippen LogP contribution in [0.25, 0.3) is 0 Å². The molecule has 1 heterocycles. The number of nitrogens with two attached hydrogens (primary N) is 1. The fraction of sp³-hybridized carbons (Fsp3) is 0.500. The molecule has 0 radical (unpaired) electrons. The lowest BCUT2D eigenvalue weighted by molar-refractivity contribution is -0.0792. The lowest BCUT2D eigenvalue weighted by Gasteiger charge is -2.08. The van der Waals surface area contributed by atoms with E-state index in [2.05, 4.69) is 6.08 Å². The molecule has 0 fully saturated rings. The van der Waals surface area contributed by atoms with Crippen LogP contribution in [-0.4, -0.2) is 17.6 Å². The van der Waals surface area contributed by atoms with E-state index in [-0.39, 0.29) is 0 Å². The van der Waals surface area contributed by atoms with E-state index < -0.39 is 12.5 Å². The fourth-order valence-corrected chi connectivity index (χ4v) is 1.54. The zero-order chi connectivity index (χ0) is 7.84. The van der Waals surface area contributed by atoms with Crippen molar-refractivity contribution in [3.8, 4) is 0 Å². The van der Waals surface area contributed by atoms with Gasteiger partial charge in [0.2, 0.25) is 0 Å². The minimum absolute atomic E-state index is 0.420. The molecule has 2 rings (SSSR count). The molecule has 1 aliphatic carbocycles. The molecule has 2 unspecified atom stereocenters. The second kappa shape index (κ2) is 2.44. The summed E-state index contributed by atoms with van der Waals surface area (Å²) in [6, 6.07) is 0. The Morgan fingerprint density at radius 1 is 1.64 bits per heavy atom. The van der Waals surface area contributed by atoms with Gasteiger partial charge in [0.25, 0.3) is 0 Å². The van der Waals surface area contributed by atoms with Gasteiger partial charge in [-0.25, -0.2) is 0 Å². The molecule has 0 bridgehead atoms. The molecule has 0 aromatic rings. The number of aliphatic hydroxyl groups excluding tert-OH is 1. The van der Waals surface area contributed by atoms with Gasteiger partial charge in [-0.2, -0.15) is 0 Å². The monoisotopic (exact) mass is 153 g/mol. The summed E-state index contributed by atoms with van der Waals surface area (Å²) in [6.45, 7) is 0. The van der Waals surface area contributed by atoms with Gasteiger partial charge in [-0.1, -0.05) is 12.2 Å². The van der Waals surface area contributed by atoms with Crippen LogP contribution in [0.2, 0.25) is 0 Å². The van der Waals surface area contributed by atoms with Gasteiger partial charge in [0.15, 0.2) is 6.29 Å². The molecule has 0 spiro atoms. The Bertz CT molecular complexity index is 232. The molecule has 2 atom stereocenters. The average Bonchev–Trinajstić information content (AvgIpc) is 2.30. The molecule has 0 aromatic carbocycles. The Hall–Kier alpha value is -0.640. The fourth-order valence-electron chi connectivity index (χ4n) is 1.54. The Labute approximate surface area is 65.2 Å². The van der Waals surface area contributed by atoms with E-state index in [4.69, 9.17) is 10.5 Å². The van der Waals surface area contributed by atoms with Crippen LogP contribution in [0.1, 0.15) is 12.8 Å². The molecule has 1 aliphatic heterocycles. The molecule has 60 valence electrons. The van der Waals surface area contributed by atoms with Crippen molar-refractivity contribution < 1.29 is 9.84 Å². The lowest BCUT2D eigenvalue weighted by Crippen LogP contribution is -2.23. The van der Waals surface area contributed by atoms with Gasteiger partial charge in [-0.3, -0.25) is 0 Å². The van der Waals surface area contributed by atoms with Gasteiger partial charge in [0, 0.05) is 0 Å². The van der Waals surface area contributed by atoms with Crippen molar-refractivity contribution in [2.24, 2.45) is 5.73 Å². The minimum atomic E-state index is -0.759. The quantitative estimate of drug-likeness (QED) is 0.525. The molecule has 0 saturated heterocycles. The summed E-state index contributed by atoms with van der Waals surface area (Å²) in [5.41, 5.74) is 7.51. The maximum atomic E-state index is 9.30. The zero-order valence-corrected chi connectivity index (χ0v) is 6.16. The molecule has 3 nitrogen and oxygen atoms in total. The van der Waals surface area contributed by atoms with Crippen LogP contribution in [0.5, 0.6) is 0 Å². The van der Waals surface area contributed by atoms with Crippen molar-refractivity contribution in [3.05, 3.63) is 23.3 Å². The van der Waals surface area contributed by atoms with E-state index in [1.54, 1.807) is 0 Å². The first-order valence-electron chi connectivity index (χ1n) is 3.77. The second-order valence-electron chi connectivity index (χ2n) is 2.83. The predicted octanol–water partition coefficient (Wildman–Crippen LogP) is 0.266. The maximum Gasteiger partial charge on any atom is 0.180 e. The van der Waals surface area contributed by atoms with Crippen molar-refractivity contribution >= 4 is 0 Å². The zero-order valence-electron chi connectivity index (χ0n) is 6.16. The van der Waals surface area contributed by atoms with Gasteiger partial charge < -0.3 is 15.6 Å². The number of aliphatic hydroxyl groups is 1. The number of hydrogen-bond acceptors (Lipinski definition) is 3. The van der Waals surface area contributed by atoms with Gasteiger partial charge in [-0.15, -0.1) is 0 Å². The first-order chi connectivity index (χ1) is 5.29. The molecule has 3 heteroatoms. The summed E-state index contributed by atoms with van der Waals surface area (Å²) in [4.78, 5) is 0. The number of ether oxygens (including phenoxy) is 1. The van der Waals surface area contributed by atoms with Crippen LogP contribution in [0.15, 0.2) is 23.3 Å². The van der Waals surface area contributed by atoms with Gasteiger partial charge >= 0.3 is 0 Å². The first-order valence-corrected chi connectivity index (χ1v) is 3.77. The predicted molar refractivity (Wildman–Crippen MR) is 40.5 cm³/mol. The second-order valence-corrected chi connectivity index (χ2v) is 2.83.